The smallest absolute Gasteiger partial charge is 0.164 e. The number of ether oxygens (including phenoxy) is 2. The lowest BCUT2D eigenvalue weighted by Crippen LogP contribution is -2.02. The van der Waals surface area contributed by atoms with Gasteiger partial charge in [0.15, 0.2) is 11.5 Å². The second-order valence-corrected chi connectivity index (χ2v) is 3.72. The summed E-state index contributed by atoms with van der Waals surface area (Å²) in [4.78, 5) is 11.2. The number of Topliss-reactive ketones (excluding diaryl/α,β-unsaturated/α-hetero) is 1. The van der Waals surface area contributed by atoms with Gasteiger partial charge < -0.3 is 9.47 Å². The fraction of sp³-hybridized carbons (Fsp3) is 0.462. The molecule has 0 saturated carbocycles. The molecule has 0 aromatic heterocycles. The summed E-state index contributed by atoms with van der Waals surface area (Å²) in [5, 5.41) is 0. The van der Waals surface area contributed by atoms with Crippen LogP contribution in [0.3, 0.4) is 0 Å². The van der Waals surface area contributed by atoms with Gasteiger partial charge in [0.1, 0.15) is 5.78 Å². The Morgan fingerprint density at radius 2 is 1.94 bits per heavy atom. The summed E-state index contributed by atoms with van der Waals surface area (Å²) in [5.74, 6) is 1.47. The van der Waals surface area contributed by atoms with Gasteiger partial charge in [-0.25, -0.2) is 0 Å². The molecule has 1 aromatic carbocycles. The molecule has 0 atom stereocenters. The Bertz CT molecular complexity index is 383. The van der Waals surface area contributed by atoms with Crippen LogP contribution in [0, 0.1) is 0 Å². The van der Waals surface area contributed by atoms with Crippen LogP contribution < -0.4 is 9.47 Å². The molecule has 0 unspecified atom stereocenters. The molecule has 0 amide bonds. The maximum atomic E-state index is 11.2. The zero-order valence-electron chi connectivity index (χ0n) is 10.3. The first-order valence-electron chi connectivity index (χ1n) is 5.35. The Hall–Kier alpha value is -1.51. The second-order valence-electron chi connectivity index (χ2n) is 3.72. The summed E-state index contributed by atoms with van der Waals surface area (Å²) in [5.41, 5.74) is 2.04. The van der Waals surface area contributed by atoms with Gasteiger partial charge in [0, 0.05) is 12.0 Å². The summed E-state index contributed by atoms with van der Waals surface area (Å²) < 4.78 is 10.6. The van der Waals surface area contributed by atoms with Crippen LogP contribution in [-0.2, 0) is 17.6 Å². The van der Waals surface area contributed by atoms with Crippen LogP contribution in [0.5, 0.6) is 11.5 Å². The molecule has 0 aliphatic heterocycles. The molecule has 0 radical (unpaired) electrons. The van der Waals surface area contributed by atoms with Gasteiger partial charge in [0.05, 0.1) is 14.2 Å². The Morgan fingerprint density at radius 3 is 2.38 bits per heavy atom. The van der Waals surface area contributed by atoms with Crippen molar-refractivity contribution in [3.8, 4) is 11.5 Å². The topological polar surface area (TPSA) is 35.5 Å². The maximum Gasteiger partial charge on any atom is 0.164 e. The van der Waals surface area contributed by atoms with E-state index in [0.717, 1.165) is 17.5 Å². The van der Waals surface area contributed by atoms with E-state index in [-0.39, 0.29) is 5.78 Å². The molecule has 3 nitrogen and oxygen atoms in total. The van der Waals surface area contributed by atoms with Gasteiger partial charge in [-0.2, -0.15) is 0 Å². The first-order chi connectivity index (χ1) is 7.62. The molecule has 0 fully saturated rings. The molecule has 1 rings (SSSR count). The summed E-state index contributed by atoms with van der Waals surface area (Å²) in [6, 6.07) is 3.95. The Morgan fingerprint density at radius 1 is 1.25 bits per heavy atom. The normalized spacial score (nSPS) is 10.0. The average Bonchev–Trinajstić information content (AvgIpc) is 2.27. The van der Waals surface area contributed by atoms with E-state index < -0.39 is 0 Å². The van der Waals surface area contributed by atoms with Crippen molar-refractivity contribution >= 4 is 5.78 Å². The Labute approximate surface area is 96.4 Å². The highest BCUT2D eigenvalue weighted by Gasteiger charge is 2.13. The number of benzene rings is 1. The van der Waals surface area contributed by atoms with Crippen LogP contribution in [0.25, 0.3) is 0 Å². The van der Waals surface area contributed by atoms with Crippen LogP contribution in [0.1, 0.15) is 25.0 Å². The number of ketones is 1. The van der Waals surface area contributed by atoms with Crippen LogP contribution in [0.4, 0.5) is 0 Å². The molecule has 0 N–H and O–H groups in total. The van der Waals surface area contributed by atoms with Gasteiger partial charge >= 0.3 is 0 Å². The van der Waals surface area contributed by atoms with Gasteiger partial charge in [0.25, 0.3) is 0 Å². The predicted molar refractivity (Wildman–Crippen MR) is 63.3 cm³/mol. The minimum atomic E-state index is 0.119. The number of hydrogen-bond acceptors (Lipinski definition) is 3. The maximum absolute atomic E-state index is 11.2. The molecule has 1 aromatic rings. The molecule has 88 valence electrons. The first kappa shape index (κ1) is 12.6. The van der Waals surface area contributed by atoms with Crippen molar-refractivity contribution in [1.82, 2.24) is 0 Å². The van der Waals surface area contributed by atoms with Crippen molar-refractivity contribution < 1.29 is 14.3 Å². The highest BCUT2D eigenvalue weighted by atomic mass is 16.5. The van der Waals surface area contributed by atoms with E-state index in [1.54, 1.807) is 21.1 Å². The number of hydrogen-bond donors (Lipinski definition) is 0. The van der Waals surface area contributed by atoms with E-state index in [1.165, 1.54) is 0 Å². The number of methoxy groups -OCH3 is 2. The van der Waals surface area contributed by atoms with E-state index in [0.29, 0.717) is 17.9 Å². The standard InChI is InChI=1S/C13H18O3/c1-5-10-7-11(6-9(2)14)13(16-4)12(8-10)15-3/h7-8H,5-6H2,1-4H3. The highest BCUT2D eigenvalue weighted by molar-refractivity contribution is 5.79. The minimum Gasteiger partial charge on any atom is -0.493 e. The molecular formula is C13H18O3. The van der Waals surface area contributed by atoms with Crippen molar-refractivity contribution in [2.24, 2.45) is 0 Å². The minimum absolute atomic E-state index is 0.119. The number of aryl methyl sites for hydroxylation is 1. The van der Waals surface area contributed by atoms with E-state index in [4.69, 9.17) is 9.47 Å². The number of carbonyl (C=O) groups is 1. The third-order valence-corrected chi connectivity index (χ3v) is 2.46. The van der Waals surface area contributed by atoms with E-state index in [1.807, 2.05) is 12.1 Å². The molecule has 0 heterocycles. The van der Waals surface area contributed by atoms with Gasteiger partial charge in [0.2, 0.25) is 0 Å². The van der Waals surface area contributed by atoms with Crippen LogP contribution in [0.15, 0.2) is 12.1 Å². The molecule has 0 bridgehead atoms. The summed E-state index contributed by atoms with van der Waals surface area (Å²) in [6.45, 7) is 3.64. The fourth-order valence-corrected chi connectivity index (χ4v) is 1.71. The van der Waals surface area contributed by atoms with Crippen molar-refractivity contribution in [1.29, 1.82) is 0 Å². The van der Waals surface area contributed by atoms with Crippen molar-refractivity contribution in [3.63, 3.8) is 0 Å². The highest BCUT2D eigenvalue weighted by Crippen LogP contribution is 2.33. The largest absolute Gasteiger partial charge is 0.493 e. The number of carbonyl (C=O) groups excluding carboxylic acids is 1. The summed E-state index contributed by atoms with van der Waals surface area (Å²) in [7, 11) is 3.20. The zero-order chi connectivity index (χ0) is 12.1. The van der Waals surface area contributed by atoms with E-state index >= 15 is 0 Å². The quantitative estimate of drug-likeness (QED) is 0.767. The lowest BCUT2D eigenvalue weighted by molar-refractivity contribution is -0.116. The van der Waals surface area contributed by atoms with E-state index in [9.17, 15) is 4.79 Å². The molecule has 0 aliphatic rings. The predicted octanol–water partition coefficient (Wildman–Crippen LogP) is 2.40. The molecule has 0 saturated heterocycles. The van der Waals surface area contributed by atoms with Gasteiger partial charge in [-0.1, -0.05) is 13.0 Å². The van der Waals surface area contributed by atoms with Crippen molar-refractivity contribution in [2.45, 2.75) is 26.7 Å². The van der Waals surface area contributed by atoms with Gasteiger partial charge in [-0.05, 0) is 25.0 Å². The van der Waals surface area contributed by atoms with Gasteiger partial charge in [-0.3, -0.25) is 4.79 Å². The molecule has 0 spiro atoms. The Kier molecular flexibility index (Phi) is 4.35. The van der Waals surface area contributed by atoms with Crippen LogP contribution in [-0.4, -0.2) is 20.0 Å². The lowest BCUT2D eigenvalue weighted by Gasteiger charge is -2.13. The molecule has 3 heteroatoms. The summed E-state index contributed by atoms with van der Waals surface area (Å²) in [6.07, 6.45) is 1.29. The second kappa shape index (κ2) is 5.54. The Balaban J connectivity index is 3.25. The summed E-state index contributed by atoms with van der Waals surface area (Å²) >= 11 is 0. The SMILES string of the molecule is CCc1cc(CC(C)=O)c(OC)c(OC)c1. The van der Waals surface area contributed by atoms with Crippen LogP contribution in [0.2, 0.25) is 0 Å². The number of rotatable bonds is 5. The monoisotopic (exact) mass is 222 g/mol. The van der Waals surface area contributed by atoms with E-state index in [2.05, 4.69) is 6.92 Å². The van der Waals surface area contributed by atoms with Crippen LogP contribution >= 0.6 is 0 Å². The van der Waals surface area contributed by atoms with Crippen molar-refractivity contribution in [3.05, 3.63) is 23.3 Å². The molecule has 0 aliphatic carbocycles. The third-order valence-electron chi connectivity index (χ3n) is 2.46. The average molecular weight is 222 g/mol. The lowest BCUT2D eigenvalue weighted by atomic mass is 10.0. The molecule has 16 heavy (non-hydrogen) atoms. The van der Waals surface area contributed by atoms with Gasteiger partial charge in [-0.15, -0.1) is 0 Å². The zero-order valence-corrected chi connectivity index (χ0v) is 10.3. The third kappa shape index (κ3) is 2.75. The molecular weight excluding hydrogens is 204 g/mol. The fourth-order valence-electron chi connectivity index (χ4n) is 1.71. The first-order valence-corrected chi connectivity index (χ1v) is 5.35. The van der Waals surface area contributed by atoms with Crippen molar-refractivity contribution in [2.75, 3.05) is 14.2 Å².